The van der Waals surface area contributed by atoms with Gasteiger partial charge in [0.05, 0.1) is 12.1 Å². The van der Waals surface area contributed by atoms with Gasteiger partial charge in [-0.1, -0.05) is 17.7 Å². The largest absolute Gasteiger partial charge is 0.454 e. The lowest BCUT2D eigenvalue weighted by Gasteiger charge is -2.38. The Morgan fingerprint density at radius 1 is 1.06 bits per heavy atom. The molecule has 8 heteroatoms. The Bertz CT molecular complexity index is 959. The number of aliphatic hydroxyl groups is 1. The van der Waals surface area contributed by atoms with Crippen molar-refractivity contribution in [3.8, 4) is 11.5 Å². The molecule has 2 saturated heterocycles. The van der Waals surface area contributed by atoms with E-state index in [1.165, 1.54) is 0 Å². The van der Waals surface area contributed by atoms with Crippen molar-refractivity contribution in [3.05, 3.63) is 53.1 Å². The number of anilines is 1. The van der Waals surface area contributed by atoms with Crippen LogP contribution < -0.4 is 14.4 Å². The zero-order chi connectivity index (χ0) is 21.4. The van der Waals surface area contributed by atoms with Gasteiger partial charge in [0.15, 0.2) is 11.5 Å². The van der Waals surface area contributed by atoms with Gasteiger partial charge in [-0.15, -0.1) is 0 Å². The van der Waals surface area contributed by atoms with Gasteiger partial charge >= 0.3 is 6.09 Å². The molecule has 2 aromatic rings. The number of cyclic esters (lactones) is 1. The highest BCUT2D eigenvalue weighted by Crippen LogP contribution is 2.39. The van der Waals surface area contributed by atoms with Crippen LogP contribution in [0.15, 0.2) is 42.5 Å². The summed E-state index contributed by atoms with van der Waals surface area (Å²) in [6.45, 7) is 3.16. The highest BCUT2D eigenvalue weighted by molar-refractivity contribution is 6.30. The van der Waals surface area contributed by atoms with Crippen molar-refractivity contribution in [2.75, 3.05) is 37.9 Å². The summed E-state index contributed by atoms with van der Waals surface area (Å²) in [5, 5.41) is 11.8. The van der Waals surface area contributed by atoms with Gasteiger partial charge in [-0.2, -0.15) is 0 Å². The summed E-state index contributed by atoms with van der Waals surface area (Å²) in [7, 11) is 0. The molecular weight excluding hydrogens is 420 g/mol. The lowest BCUT2D eigenvalue weighted by molar-refractivity contribution is -0.0276. The van der Waals surface area contributed by atoms with E-state index in [9.17, 15) is 9.90 Å². The number of carbonyl (C=O) groups excluding carboxylic acids is 1. The Kier molecular flexibility index (Phi) is 5.42. The maximum atomic E-state index is 12.2. The van der Waals surface area contributed by atoms with Crippen LogP contribution in [0, 0.1) is 0 Å². The minimum Gasteiger partial charge on any atom is -0.454 e. The van der Waals surface area contributed by atoms with Gasteiger partial charge in [-0.05, 0) is 61.2 Å². The monoisotopic (exact) mass is 444 g/mol. The van der Waals surface area contributed by atoms with E-state index in [4.69, 9.17) is 25.8 Å². The van der Waals surface area contributed by atoms with Crippen molar-refractivity contribution < 1.29 is 24.1 Å². The lowest BCUT2D eigenvalue weighted by Crippen LogP contribution is -2.43. The van der Waals surface area contributed by atoms with Crippen LogP contribution in [0.5, 0.6) is 11.5 Å². The first kappa shape index (κ1) is 20.4. The van der Waals surface area contributed by atoms with Crippen LogP contribution in [-0.4, -0.2) is 55.2 Å². The van der Waals surface area contributed by atoms with Gasteiger partial charge in [0.1, 0.15) is 6.10 Å². The summed E-state index contributed by atoms with van der Waals surface area (Å²) < 4.78 is 16.4. The molecule has 0 bridgehead atoms. The number of benzene rings is 2. The van der Waals surface area contributed by atoms with E-state index in [0.29, 0.717) is 30.2 Å². The minimum atomic E-state index is -0.858. The molecule has 1 atom stereocenters. The van der Waals surface area contributed by atoms with Crippen molar-refractivity contribution in [2.24, 2.45) is 0 Å². The fourth-order valence-electron chi connectivity index (χ4n) is 4.45. The van der Waals surface area contributed by atoms with E-state index in [1.807, 2.05) is 30.3 Å². The normalized spacial score (nSPS) is 22.6. The first-order chi connectivity index (χ1) is 15.0. The number of ether oxygens (including phenoxy) is 3. The number of fused-ring (bicyclic) bond motifs is 1. The minimum absolute atomic E-state index is 0.141. The molecule has 0 aliphatic carbocycles. The predicted octanol–water partition coefficient (Wildman–Crippen LogP) is 3.77. The second-order valence-electron chi connectivity index (χ2n) is 8.32. The van der Waals surface area contributed by atoms with Crippen LogP contribution >= 0.6 is 11.6 Å². The molecule has 2 aromatic carbocycles. The molecule has 5 rings (SSSR count). The maximum Gasteiger partial charge on any atom is 0.414 e. The third-order valence-corrected chi connectivity index (χ3v) is 6.62. The molecule has 3 heterocycles. The van der Waals surface area contributed by atoms with E-state index in [0.717, 1.165) is 43.1 Å². The molecular formula is C23H25ClN2O5. The third-order valence-electron chi connectivity index (χ3n) is 6.37. The van der Waals surface area contributed by atoms with Crippen LogP contribution in [0.25, 0.3) is 0 Å². The summed E-state index contributed by atoms with van der Waals surface area (Å²) in [5.41, 5.74) is 0.811. The molecule has 0 aromatic heterocycles. The average molecular weight is 445 g/mol. The second-order valence-corrected chi connectivity index (χ2v) is 8.76. The van der Waals surface area contributed by atoms with Crippen LogP contribution in [0.4, 0.5) is 10.5 Å². The number of halogens is 1. The van der Waals surface area contributed by atoms with Gasteiger partial charge in [0.2, 0.25) is 6.79 Å². The Morgan fingerprint density at radius 3 is 2.58 bits per heavy atom. The molecule has 2 fully saturated rings. The second kappa shape index (κ2) is 8.22. The van der Waals surface area contributed by atoms with Crippen molar-refractivity contribution in [1.82, 2.24) is 4.90 Å². The molecule has 164 valence electrons. The van der Waals surface area contributed by atoms with Crippen LogP contribution in [-0.2, 0) is 10.3 Å². The predicted molar refractivity (Wildman–Crippen MR) is 116 cm³/mol. The Balaban J connectivity index is 1.13. The molecule has 0 spiro atoms. The zero-order valence-electron chi connectivity index (χ0n) is 17.1. The van der Waals surface area contributed by atoms with E-state index >= 15 is 0 Å². The number of hydrogen-bond acceptors (Lipinski definition) is 6. The summed E-state index contributed by atoms with van der Waals surface area (Å²) in [5.74, 6) is 1.42. The van der Waals surface area contributed by atoms with Gasteiger partial charge in [0, 0.05) is 30.3 Å². The SMILES string of the molecule is O=C1OC(CCN2CCC(O)(c3ccc4c(c3)OCO4)CC2)CN1c1ccc(Cl)cc1. The zero-order valence-corrected chi connectivity index (χ0v) is 17.9. The molecule has 1 unspecified atom stereocenters. The topological polar surface area (TPSA) is 71.5 Å². The van der Waals surface area contributed by atoms with E-state index in [1.54, 1.807) is 17.0 Å². The molecule has 3 aliphatic heterocycles. The Hall–Kier alpha value is -2.48. The smallest absolute Gasteiger partial charge is 0.414 e. The number of rotatable bonds is 5. The third kappa shape index (κ3) is 4.18. The van der Waals surface area contributed by atoms with Gasteiger partial charge in [0.25, 0.3) is 0 Å². The highest BCUT2D eigenvalue weighted by atomic mass is 35.5. The summed E-state index contributed by atoms with van der Waals surface area (Å²) in [6, 6.07) is 12.9. The maximum absolute atomic E-state index is 12.2. The van der Waals surface area contributed by atoms with Crippen molar-refractivity contribution in [2.45, 2.75) is 31.0 Å². The van der Waals surface area contributed by atoms with E-state index < -0.39 is 5.60 Å². The number of amides is 1. The Morgan fingerprint density at radius 2 is 1.81 bits per heavy atom. The molecule has 0 radical (unpaired) electrons. The van der Waals surface area contributed by atoms with Gasteiger partial charge in [-0.3, -0.25) is 4.90 Å². The van der Waals surface area contributed by atoms with Gasteiger partial charge in [-0.25, -0.2) is 4.79 Å². The molecule has 31 heavy (non-hydrogen) atoms. The Labute approximate surface area is 186 Å². The van der Waals surface area contributed by atoms with E-state index in [2.05, 4.69) is 4.90 Å². The fraction of sp³-hybridized carbons (Fsp3) is 0.435. The number of likely N-dealkylation sites (tertiary alicyclic amines) is 1. The van der Waals surface area contributed by atoms with E-state index in [-0.39, 0.29) is 19.0 Å². The summed E-state index contributed by atoms with van der Waals surface area (Å²) in [4.78, 5) is 16.2. The average Bonchev–Trinajstić information content (AvgIpc) is 3.40. The fourth-order valence-corrected chi connectivity index (χ4v) is 4.58. The standard InChI is InChI=1S/C23H25ClN2O5/c24-17-2-4-18(5-3-17)26-14-19(31-22(26)27)7-10-25-11-8-23(28,9-12-25)16-1-6-20-21(13-16)30-15-29-20/h1-6,13,19,28H,7-12,14-15H2. The molecule has 1 amide bonds. The molecule has 3 aliphatic rings. The summed E-state index contributed by atoms with van der Waals surface area (Å²) >= 11 is 5.93. The molecule has 0 saturated carbocycles. The summed E-state index contributed by atoms with van der Waals surface area (Å²) in [6.07, 6.45) is 1.60. The first-order valence-electron chi connectivity index (χ1n) is 10.6. The number of piperidine rings is 1. The number of hydrogen-bond donors (Lipinski definition) is 1. The van der Waals surface area contributed by atoms with Gasteiger partial charge < -0.3 is 24.2 Å². The van der Waals surface area contributed by atoms with Crippen LogP contribution in [0.2, 0.25) is 5.02 Å². The highest BCUT2D eigenvalue weighted by Gasteiger charge is 2.36. The van der Waals surface area contributed by atoms with Crippen LogP contribution in [0.3, 0.4) is 0 Å². The molecule has 7 nitrogen and oxygen atoms in total. The lowest BCUT2D eigenvalue weighted by atomic mass is 9.84. The first-order valence-corrected chi connectivity index (χ1v) is 11.0. The molecule has 1 N–H and O–H groups in total. The van der Waals surface area contributed by atoms with Crippen molar-refractivity contribution in [1.29, 1.82) is 0 Å². The quantitative estimate of drug-likeness (QED) is 0.757. The number of nitrogens with zero attached hydrogens (tertiary/aromatic N) is 2. The van der Waals surface area contributed by atoms with Crippen molar-refractivity contribution in [3.63, 3.8) is 0 Å². The van der Waals surface area contributed by atoms with Crippen molar-refractivity contribution >= 4 is 23.4 Å². The number of carbonyl (C=O) groups is 1. The van der Waals surface area contributed by atoms with Crippen LogP contribution in [0.1, 0.15) is 24.8 Å².